The van der Waals surface area contributed by atoms with Crippen molar-refractivity contribution in [2.45, 2.75) is 51.0 Å². The van der Waals surface area contributed by atoms with Gasteiger partial charge in [0.1, 0.15) is 12.4 Å². The fourth-order valence-electron chi connectivity index (χ4n) is 4.85. The lowest BCUT2D eigenvalue weighted by Crippen LogP contribution is -2.36. The quantitative estimate of drug-likeness (QED) is 0.679. The van der Waals surface area contributed by atoms with Gasteiger partial charge in [-0.15, -0.1) is 0 Å². The lowest BCUT2D eigenvalue weighted by molar-refractivity contribution is -0.116. The van der Waals surface area contributed by atoms with Crippen LogP contribution in [-0.2, 0) is 16.2 Å². The van der Waals surface area contributed by atoms with E-state index in [0.29, 0.717) is 24.5 Å². The molecule has 0 saturated carbocycles. The van der Waals surface area contributed by atoms with Gasteiger partial charge in [0.2, 0.25) is 0 Å². The van der Waals surface area contributed by atoms with E-state index in [-0.39, 0.29) is 17.5 Å². The van der Waals surface area contributed by atoms with Gasteiger partial charge in [-0.05, 0) is 49.4 Å². The van der Waals surface area contributed by atoms with Crippen molar-refractivity contribution in [3.63, 3.8) is 0 Å². The second-order valence-corrected chi connectivity index (χ2v) is 8.75. The number of hydrogen-bond donors (Lipinski definition) is 1. The van der Waals surface area contributed by atoms with Gasteiger partial charge >= 0.3 is 0 Å². The van der Waals surface area contributed by atoms with Gasteiger partial charge in [0.05, 0.1) is 0 Å². The van der Waals surface area contributed by atoms with Gasteiger partial charge in [0.15, 0.2) is 11.6 Å². The number of ether oxygens (including phenoxy) is 1. The normalized spacial score (nSPS) is 19.1. The number of carbonyl (C=O) groups excluding carboxylic acids is 2. The predicted molar refractivity (Wildman–Crippen MR) is 120 cm³/mol. The van der Waals surface area contributed by atoms with E-state index in [9.17, 15) is 9.59 Å². The first-order valence-electron chi connectivity index (χ1n) is 10.9. The van der Waals surface area contributed by atoms with Crippen molar-refractivity contribution in [3.05, 3.63) is 87.2 Å². The lowest BCUT2D eigenvalue weighted by Gasteiger charge is -2.37. The van der Waals surface area contributed by atoms with E-state index in [1.165, 1.54) is 0 Å². The molecule has 0 unspecified atom stereocenters. The van der Waals surface area contributed by atoms with Crippen LogP contribution >= 0.6 is 11.6 Å². The van der Waals surface area contributed by atoms with E-state index < -0.39 is 0 Å². The molecule has 0 saturated heterocycles. The summed E-state index contributed by atoms with van der Waals surface area (Å²) in [7, 11) is 0. The van der Waals surface area contributed by atoms with Crippen molar-refractivity contribution >= 4 is 23.2 Å². The van der Waals surface area contributed by atoms with Gasteiger partial charge in [0, 0.05) is 51.9 Å². The Bertz CT molecular complexity index is 1070. The van der Waals surface area contributed by atoms with Gasteiger partial charge < -0.3 is 10.1 Å². The standard InChI is InChI=1S/C26H24ClNO3/c27-19-6-2-1-5-17(19)15-31-18-13-11-16(12-14-18)24-25-20(7-3-9-22(25)29)28-21-8-4-10-23(30)26(21)24/h1-2,5-6,11-14,24,28H,3-4,7-10,15H2. The summed E-state index contributed by atoms with van der Waals surface area (Å²) in [4.78, 5) is 25.8. The van der Waals surface area contributed by atoms with Crippen molar-refractivity contribution in [2.75, 3.05) is 0 Å². The summed E-state index contributed by atoms with van der Waals surface area (Å²) in [6, 6.07) is 15.4. The van der Waals surface area contributed by atoms with Crippen LogP contribution in [0.1, 0.15) is 55.6 Å². The zero-order valence-corrected chi connectivity index (χ0v) is 18.0. The highest BCUT2D eigenvalue weighted by atomic mass is 35.5. The number of hydrogen-bond acceptors (Lipinski definition) is 4. The Morgan fingerprint density at radius 1 is 0.839 bits per heavy atom. The molecule has 0 amide bonds. The maximum absolute atomic E-state index is 12.9. The Morgan fingerprint density at radius 3 is 2.06 bits per heavy atom. The molecule has 2 aliphatic carbocycles. The van der Waals surface area contributed by atoms with E-state index in [1.807, 2.05) is 48.5 Å². The Labute approximate surface area is 186 Å². The third-order valence-corrected chi connectivity index (χ3v) is 6.73. The van der Waals surface area contributed by atoms with Crippen LogP contribution in [0.4, 0.5) is 0 Å². The molecule has 0 radical (unpaired) electrons. The van der Waals surface area contributed by atoms with E-state index in [1.54, 1.807) is 0 Å². The Morgan fingerprint density at radius 2 is 1.45 bits per heavy atom. The van der Waals surface area contributed by atoms with Crippen LogP contribution in [0.5, 0.6) is 5.75 Å². The van der Waals surface area contributed by atoms with Crippen LogP contribution < -0.4 is 10.1 Å². The molecule has 5 rings (SSSR count). The highest BCUT2D eigenvalue weighted by Gasteiger charge is 2.40. The van der Waals surface area contributed by atoms with Crippen molar-refractivity contribution in [1.82, 2.24) is 5.32 Å². The molecule has 0 bridgehead atoms. The lowest BCUT2D eigenvalue weighted by atomic mass is 9.71. The number of benzene rings is 2. The third-order valence-electron chi connectivity index (χ3n) is 6.36. The fourth-order valence-corrected chi connectivity index (χ4v) is 5.04. The zero-order valence-electron chi connectivity index (χ0n) is 17.2. The number of ketones is 2. The summed E-state index contributed by atoms with van der Waals surface area (Å²) in [5.41, 5.74) is 5.48. The Balaban J connectivity index is 1.45. The molecule has 0 spiro atoms. The van der Waals surface area contributed by atoms with Crippen molar-refractivity contribution in [3.8, 4) is 5.75 Å². The number of halogens is 1. The summed E-state index contributed by atoms with van der Waals surface area (Å²) in [6.07, 6.45) is 4.55. The molecule has 31 heavy (non-hydrogen) atoms. The smallest absolute Gasteiger partial charge is 0.161 e. The minimum absolute atomic E-state index is 0.155. The van der Waals surface area contributed by atoms with Crippen LogP contribution in [0, 0.1) is 0 Å². The van der Waals surface area contributed by atoms with Gasteiger partial charge in [-0.25, -0.2) is 0 Å². The van der Waals surface area contributed by atoms with Crippen molar-refractivity contribution in [2.24, 2.45) is 0 Å². The summed E-state index contributed by atoms with van der Waals surface area (Å²) >= 11 is 6.21. The third kappa shape index (κ3) is 3.81. The monoisotopic (exact) mass is 433 g/mol. The Hall–Kier alpha value is -2.85. The minimum Gasteiger partial charge on any atom is -0.489 e. The number of dihydropyridines is 1. The van der Waals surface area contributed by atoms with E-state index in [0.717, 1.165) is 65.1 Å². The van der Waals surface area contributed by atoms with E-state index >= 15 is 0 Å². The molecule has 1 heterocycles. The van der Waals surface area contributed by atoms with Crippen LogP contribution in [0.2, 0.25) is 5.02 Å². The first-order chi connectivity index (χ1) is 15.1. The first kappa shape index (κ1) is 20.1. The molecule has 1 aliphatic heterocycles. The molecule has 0 aromatic heterocycles. The molecular weight excluding hydrogens is 410 g/mol. The molecule has 5 heteroatoms. The van der Waals surface area contributed by atoms with Gasteiger partial charge in [-0.1, -0.05) is 41.9 Å². The van der Waals surface area contributed by atoms with Gasteiger partial charge in [-0.3, -0.25) is 9.59 Å². The van der Waals surface area contributed by atoms with Crippen LogP contribution in [0.25, 0.3) is 0 Å². The van der Waals surface area contributed by atoms with Crippen molar-refractivity contribution in [1.29, 1.82) is 0 Å². The molecule has 2 aromatic carbocycles. The highest BCUT2D eigenvalue weighted by Crippen LogP contribution is 2.45. The molecular formula is C26H24ClNO3. The average Bonchev–Trinajstić information content (AvgIpc) is 2.78. The summed E-state index contributed by atoms with van der Waals surface area (Å²) in [5.74, 6) is 0.765. The molecule has 158 valence electrons. The molecule has 3 aliphatic rings. The highest BCUT2D eigenvalue weighted by molar-refractivity contribution is 6.31. The number of rotatable bonds is 4. The van der Waals surface area contributed by atoms with Gasteiger partial charge in [-0.2, -0.15) is 0 Å². The van der Waals surface area contributed by atoms with Gasteiger partial charge in [0.25, 0.3) is 0 Å². The van der Waals surface area contributed by atoms with Crippen LogP contribution in [-0.4, -0.2) is 11.6 Å². The number of nitrogens with one attached hydrogen (secondary N) is 1. The summed E-state index contributed by atoms with van der Waals surface area (Å²) in [6.45, 7) is 0.383. The second kappa shape index (κ2) is 8.35. The topological polar surface area (TPSA) is 55.4 Å². The predicted octanol–water partition coefficient (Wildman–Crippen LogP) is 5.62. The molecule has 0 fully saturated rings. The largest absolute Gasteiger partial charge is 0.489 e. The molecule has 2 aromatic rings. The summed E-state index contributed by atoms with van der Waals surface area (Å²) < 4.78 is 5.92. The van der Waals surface area contributed by atoms with Crippen molar-refractivity contribution < 1.29 is 14.3 Å². The van der Waals surface area contributed by atoms with E-state index in [2.05, 4.69) is 5.32 Å². The SMILES string of the molecule is O=C1CCCC2=C1C(c1ccc(OCc3ccccc3Cl)cc1)C1=C(CCCC1=O)N2. The molecule has 0 atom stereocenters. The maximum atomic E-state index is 12.9. The first-order valence-corrected chi connectivity index (χ1v) is 11.3. The van der Waals surface area contributed by atoms with Crippen LogP contribution in [0.15, 0.2) is 71.1 Å². The zero-order chi connectivity index (χ0) is 21.4. The number of carbonyl (C=O) groups is 2. The summed E-state index contributed by atoms with van der Waals surface area (Å²) in [5, 5.41) is 4.13. The molecule has 1 N–H and O–H groups in total. The molecule has 4 nitrogen and oxygen atoms in total. The second-order valence-electron chi connectivity index (χ2n) is 8.35. The van der Waals surface area contributed by atoms with E-state index in [4.69, 9.17) is 16.3 Å². The maximum Gasteiger partial charge on any atom is 0.161 e. The Kier molecular flexibility index (Phi) is 5.41. The number of Topliss-reactive ketones (excluding diaryl/α,β-unsaturated/α-hetero) is 2. The average molecular weight is 434 g/mol. The number of allylic oxidation sites excluding steroid dienone is 4. The van der Waals surface area contributed by atoms with Crippen LogP contribution in [0.3, 0.4) is 0 Å². The minimum atomic E-state index is -0.274. The fraction of sp³-hybridized carbons (Fsp3) is 0.308.